The molecule has 8 heteroatoms. The quantitative estimate of drug-likeness (QED) is 0.903. The van der Waals surface area contributed by atoms with Crippen LogP contribution in [0.1, 0.15) is 28.9 Å². The summed E-state index contributed by atoms with van der Waals surface area (Å²) in [6.45, 7) is 1.72. The van der Waals surface area contributed by atoms with E-state index in [4.69, 9.17) is 0 Å². The first-order valence-electron chi connectivity index (χ1n) is 7.68. The molecule has 1 aromatic heterocycles. The van der Waals surface area contributed by atoms with Crippen molar-refractivity contribution >= 4 is 5.91 Å². The summed E-state index contributed by atoms with van der Waals surface area (Å²) < 4.78 is 39.0. The summed E-state index contributed by atoms with van der Waals surface area (Å²) in [5.74, 6) is -0.230. The molecule has 0 saturated carbocycles. The lowest BCUT2D eigenvalue weighted by Crippen LogP contribution is -2.42. The predicted molar refractivity (Wildman–Crippen MR) is 81.9 cm³/mol. The molecule has 2 N–H and O–H groups in total. The molecular weight excluding hydrogens is 321 g/mol. The molecule has 0 radical (unpaired) electrons. The SMILES string of the molecule is O=C(NC1CCNCC1)c1cccc(-n2ccc(C(F)(F)F)n2)c1. The molecule has 1 amide bonds. The second-order valence-electron chi connectivity index (χ2n) is 5.69. The Kier molecular flexibility index (Phi) is 4.57. The second-order valence-corrected chi connectivity index (χ2v) is 5.69. The molecule has 2 heterocycles. The Morgan fingerprint density at radius 2 is 2.00 bits per heavy atom. The van der Waals surface area contributed by atoms with Crippen molar-refractivity contribution in [2.24, 2.45) is 0 Å². The maximum absolute atomic E-state index is 12.6. The van der Waals surface area contributed by atoms with Crippen LogP contribution in [0.15, 0.2) is 36.5 Å². The van der Waals surface area contributed by atoms with Crippen LogP contribution in [0.3, 0.4) is 0 Å². The summed E-state index contributed by atoms with van der Waals surface area (Å²) in [4.78, 5) is 12.3. The van der Waals surface area contributed by atoms with E-state index in [1.165, 1.54) is 12.3 Å². The van der Waals surface area contributed by atoms with Crippen LogP contribution in [0.4, 0.5) is 13.2 Å². The Balaban J connectivity index is 1.76. The van der Waals surface area contributed by atoms with Gasteiger partial charge in [0, 0.05) is 17.8 Å². The van der Waals surface area contributed by atoms with Crippen molar-refractivity contribution in [2.75, 3.05) is 13.1 Å². The number of alkyl halides is 3. The van der Waals surface area contributed by atoms with Gasteiger partial charge in [-0.1, -0.05) is 6.07 Å². The average Bonchev–Trinajstić information content (AvgIpc) is 3.06. The zero-order valence-electron chi connectivity index (χ0n) is 12.8. The van der Waals surface area contributed by atoms with Crippen LogP contribution >= 0.6 is 0 Å². The third-order valence-electron chi connectivity index (χ3n) is 3.93. The molecule has 0 atom stereocenters. The molecule has 1 saturated heterocycles. The minimum absolute atomic E-state index is 0.115. The lowest BCUT2D eigenvalue weighted by molar-refractivity contribution is -0.141. The molecule has 1 fully saturated rings. The minimum atomic E-state index is -4.49. The number of carbonyl (C=O) groups excluding carboxylic acids is 1. The highest BCUT2D eigenvalue weighted by molar-refractivity contribution is 5.94. The number of hydrogen-bond acceptors (Lipinski definition) is 3. The van der Waals surface area contributed by atoms with Crippen LogP contribution in [0, 0.1) is 0 Å². The Morgan fingerprint density at radius 3 is 2.67 bits per heavy atom. The Bertz CT molecular complexity index is 720. The Labute approximate surface area is 136 Å². The van der Waals surface area contributed by atoms with Gasteiger partial charge in [-0.05, 0) is 50.2 Å². The first kappa shape index (κ1) is 16.5. The van der Waals surface area contributed by atoms with Gasteiger partial charge in [-0.3, -0.25) is 4.79 Å². The molecule has 0 unspecified atom stereocenters. The predicted octanol–water partition coefficient (Wildman–Crippen LogP) is 2.37. The Morgan fingerprint density at radius 1 is 1.25 bits per heavy atom. The summed E-state index contributed by atoms with van der Waals surface area (Å²) in [5, 5.41) is 9.69. The highest BCUT2D eigenvalue weighted by Crippen LogP contribution is 2.27. The summed E-state index contributed by atoms with van der Waals surface area (Å²) in [6.07, 6.45) is -1.54. The van der Waals surface area contributed by atoms with Crippen LogP contribution in [0.2, 0.25) is 0 Å². The number of nitrogens with one attached hydrogen (secondary N) is 2. The summed E-state index contributed by atoms with van der Waals surface area (Å²) >= 11 is 0. The van der Waals surface area contributed by atoms with Gasteiger partial charge in [0.15, 0.2) is 5.69 Å². The Hall–Kier alpha value is -2.35. The van der Waals surface area contributed by atoms with Gasteiger partial charge in [-0.25, -0.2) is 4.68 Å². The van der Waals surface area contributed by atoms with Gasteiger partial charge in [0.25, 0.3) is 5.91 Å². The maximum Gasteiger partial charge on any atom is 0.435 e. The fourth-order valence-electron chi connectivity index (χ4n) is 2.64. The van der Waals surface area contributed by atoms with E-state index >= 15 is 0 Å². The fourth-order valence-corrected chi connectivity index (χ4v) is 2.64. The number of nitrogens with zero attached hydrogens (tertiary/aromatic N) is 2. The van der Waals surface area contributed by atoms with Gasteiger partial charge in [-0.15, -0.1) is 0 Å². The van der Waals surface area contributed by atoms with Gasteiger partial charge in [-0.2, -0.15) is 18.3 Å². The van der Waals surface area contributed by atoms with Crippen molar-refractivity contribution in [1.29, 1.82) is 0 Å². The minimum Gasteiger partial charge on any atom is -0.349 e. The second kappa shape index (κ2) is 6.64. The highest BCUT2D eigenvalue weighted by Gasteiger charge is 2.33. The van der Waals surface area contributed by atoms with E-state index in [9.17, 15) is 18.0 Å². The average molecular weight is 338 g/mol. The maximum atomic E-state index is 12.6. The van der Waals surface area contributed by atoms with Crippen molar-refractivity contribution in [1.82, 2.24) is 20.4 Å². The number of aromatic nitrogens is 2. The summed E-state index contributed by atoms with van der Waals surface area (Å²) in [7, 11) is 0. The van der Waals surface area contributed by atoms with Gasteiger partial charge in [0.05, 0.1) is 5.69 Å². The van der Waals surface area contributed by atoms with E-state index in [0.29, 0.717) is 11.3 Å². The van der Waals surface area contributed by atoms with Crippen molar-refractivity contribution < 1.29 is 18.0 Å². The topological polar surface area (TPSA) is 59.0 Å². The number of amides is 1. The van der Waals surface area contributed by atoms with Gasteiger partial charge < -0.3 is 10.6 Å². The molecule has 2 aromatic rings. The number of benzene rings is 1. The van der Waals surface area contributed by atoms with Crippen molar-refractivity contribution in [3.05, 3.63) is 47.8 Å². The van der Waals surface area contributed by atoms with Crippen molar-refractivity contribution in [3.63, 3.8) is 0 Å². The monoisotopic (exact) mass is 338 g/mol. The smallest absolute Gasteiger partial charge is 0.349 e. The first-order valence-corrected chi connectivity index (χ1v) is 7.68. The summed E-state index contributed by atoms with van der Waals surface area (Å²) in [6, 6.07) is 7.42. The molecule has 0 bridgehead atoms. The van der Waals surface area contributed by atoms with Gasteiger partial charge in [0.2, 0.25) is 0 Å². The highest BCUT2D eigenvalue weighted by atomic mass is 19.4. The number of rotatable bonds is 3. The molecular formula is C16H17F3N4O. The van der Waals surface area contributed by atoms with E-state index in [-0.39, 0.29) is 11.9 Å². The van der Waals surface area contributed by atoms with Crippen LogP contribution in [-0.2, 0) is 6.18 Å². The van der Waals surface area contributed by atoms with Crippen LogP contribution < -0.4 is 10.6 Å². The van der Waals surface area contributed by atoms with Crippen molar-refractivity contribution in [3.8, 4) is 5.69 Å². The largest absolute Gasteiger partial charge is 0.435 e. The van der Waals surface area contributed by atoms with E-state index in [1.807, 2.05) is 0 Å². The molecule has 1 aromatic carbocycles. The summed E-state index contributed by atoms with van der Waals surface area (Å²) in [5.41, 5.74) is -0.161. The van der Waals surface area contributed by atoms with Gasteiger partial charge in [0.1, 0.15) is 0 Å². The van der Waals surface area contributed by atoms with E-state index in [2.05, 4.69) is 15.7 Å². The number of hydrogen-bond donors (Lipinski definition) is 2. The normalized spacial score (nSPS) is 16.1. The number of piperidine rings is 1. The third-order valence-corrected chi connectivity index (χ3v) is 3.93. The standard InChI is InChI=1S/C16H17F3N4O/c17-16(18,19)14-6-9-23(22-14)13-3-1-2-11(10-13)15(24)21-12-4-7-20-8-5-12/h1-3,6,9-10,12,20H,4-5,7-8H2,(H,21,24). The molecule has 5 nitrogen and oxygen atoms in total. The molecule has 1 aliphatic heterocycles. The van der Waals surface area contributed by atoms with Crippen LogP contribution in [-0.4, -0.2) is 34.8 Å². The zero-order chi connectivity index (χ0) is 17.2. The molecule has 3 rings (SSSR count). The van der Waals surface area contributed by atoms with Gasteiger partial charge >= 0.3 is 6.18 Å². The van der Waals surface area contributed by atoms with E-state index in [0.717, 1.165) is 36.7 Å². The lowest BCUT2D eigenvalue weighted by atomic mass is 10.1. The van der Waals surface area contributed by atoms with Crippen LogP contribution in [0.5, 0.6) is 0 Å². The lowest BCUT2D eigenvalue weighted by Gasteiger charge is -2.23. The number of halogens is 3. The molecule has 128 valence electrons. The third kappa shape index (κ3) is 3.76. The van der Waals surface area contributed by atoms with E-state index in [1.54, 1.807) is 18.2 Å². The molecule has 24 heavy (non-hydrogen) atoms. The fraction of sp³-hybridized carbons (Fsp3) is 0.375. The molecule has 0 spiro atoms. The van der Waals surface area contributed by atoms with Crippen LogP contribution in [0.25, 0.3) is 5.69 Å². The molecule has 0 aliphatic carbocycles. The van der Waals surface area contributed by atoms with Crippen molar-refractivity contribution in [2.45, 2.75) is 25.1 Å². The number of carbonyl (C=O) groups is 1. The van der Waals surface area contributed by atoms with E-state index < -0.39 is 11.9 Å². The molecule has 1 aliphatic rings. The zero-order valence-corrected chi connectivity index (χ0v) is 12.8. The first-order chi connectivity index (χ1) is 11.4.